The molecule has 1 heterocycles. The van der Waals surface area contributed by atoms with E-state index in [-0.39, 0.29) is 11.5 Å². The van der Waals surface area contributed by atoms with E-state index in [1.807, 2.05) is 74.8 Å². The van der Waals surface area contributed by atoms with Crippen LogP contribution in [0.3, 0.4) is 0 Å². The lowest BCUT2D eigenvalue weighted by Crippen LogP contribution is -2.07. The third-order valence-corrected chi connectivity index (χ3v) is 3.47. The summed E-state index contributed by atoms with van der Waals surface area (Å²) in [7, 11) is 3.71. The number of nitrogens with one attached hydrogen (secondary N) is 1. The van der Waals surface area contributed by atoms with Crippen molar-refractivity contribution in [1.29, 1.82) is 0 Å². The fourth-order valence-corrected chi connectivity index (χ4v) is 2.26. The fourth-order valence-electron chi connectivity index (χ4n) is 2.26. The van der Waals surface area contributed by atoms with Crippen LogP contribution in [0.1, 0.15) is 10.5 Å². The first-order valence-corrected chi connectivity index (χ1v) is 7.87. The number of aromatic nitrogens is 3. The van der Waals surface area contributed by atoms with Gasteiger partial charge in [0.15, 0.2) is 11.5 Å². The van der Waals surface area contributed by atoms with Crippen molar-refractivity contribution in [2.45, 2.75) is 0 Å². The highest BCUT2D eigenvalue weighted by atomic mass is 16.1. The maximum Gasteiger partial charge on any atom is 0.211 e. The molecule has 0 saturated carbocycles. The van der Waals surface area contributed by atoms with E-state index in [4.69, 9.17) is 0 Å². The third kappa shape index (κ3) is 3.92. The lowest BCUT2D eigenvalue weighted by atomic mass is 10.2. The molecular weight excluding hydrogens is 314 g/mol. The summed E-state index contributed by atoms with van der Waals surface area (Å²) in [6, 6.07) is 19.2. The molecular formula is C19H19N5O. The zero-order valence-electron chi connectivity index (χ0n) is 14.1. The first kappa shape index (κ1) is 16.4. The number of ketones is 1. The van der Waals surface area contributed by atoms with E-state index in [0.29, 0.717) is 5.82 Å². The van der Waals surface area contributed by atoms with Gasteiger partial charge in [0.05, 0.1) is 5.69 Å². The maximum atomic E-state index is 12.5. The van der Waals surface area contributed by atoms with E-state index >= 15 is 0 Å². The van der Waals surface area contributed by atoms with Crippen molar-refractivity contribution in [3.8, 4) is 5.69 Å². The monoisotopic (exact) mass is 333 g/mol. The van der Waals surface area contributed by atoms with Gasteiger partial charge in [-0.25, -0.2) is 0 Å². The molecule has 6 nitrogen and oxygen atoms in total. The Hall–Kier alpha value is -3.41. The zero-order chi connectivity index (χ0) is 17.6. The van der Waals surface area contributed by atoms with Crippen molar-refractivity contribution >= 4 is 17.3 Å². The molecule has 3 rings (SSSR count). The molecule has 0 bridgehead atoms. The quantitative estimate of drug-likeness (QED) is 0.554. The second-order valence-electron chi connectivity index (χ2n) is 5.67. The van der Waals surface area contributed by atoms with Crippen LogP contribution in [0.25, 0.3) is 5.69 Å². The van der Waals surface area contributed by atoms with Crippen LogP contribution in [-0.2, 0) is 0 Å². The van der Waals surface area contributed by atoms with Gasteiger partial charge in [0.1, 0.15) is 0 Å². The minimum Gasteiger partial charge on any atom is -0.383 e. The lowest BCUT2D eigenvalue weighted by Gasteiger charge is -2.10. The molecule has 0 aliphatic rings. The van der Waals surface area contributed by atoms with Crippen LogP contribution in [-0.4, -0.2) is 39.8 Å². The van der Waals surface area contributed by atoms with Crippen LogP contribution in [0.5, 0.6) is 0 Å². The second kappa shape index (κ2) is 7.44. The molecule has 0 atom stereocenters. The lowest BCUT2D eigenvalue weighted by molar-refractivity contribution is 0.104. The summed E-state index contributed by atoms with van der Waals surface area (Å²) in [5.74, 6) is 0.320. The molecule has 0 amide bonds. The van der Waals surface area contributed by atoms with Gasteiger partial charge in [0, 0.05) is 32.1 Å². The van der Waals surface area contributed by atoms with Gasteiger partial charge in [-0.3, -0.25) is 4.79 Å². The standard InChI is InChI=1S/C19H19N5O/c1-23(2)14-13-17(25)18-19(20-15-9-5-3-6-10-15)24(22-21-18)16-11-7-4-8-12-16/h3-14,20H,1-2H3/b14-13+. The van der Waals surface area contributed by atoms with Crippen LogP contribution in [0, 0.1) is 0 Å². The molecule has 0 spiro atoms. The Kier molecular flexibility index (Phi) is 4.89. The zero-order valence-corrected chi connectivity index (χ0v) is 14.1. The Morgan fingerprint density at radius 2 is 1.68 bits per heavy atom. The number of nitrogens with zero attached hydrogens (tertiary/aromatic N) is 4. The molecule has 0 aliphatic heterocycles. The van der Waals surface area contributed by atoms with Gasteiger partial charge >= 0.3 is 0 Å². The topological polar surface area (TPSA) is 63.1 Å². The molecule has 3 aromatic rings. The van der Waals surface area contributed by atoms with Crippen molar-refractivity contribution in [2.75, 3.05) is 19.4 Å². The number of rotatable bonds is 6. The van der Waals surface area contributed by atoms with Gasteiger partial charge in [-0.2, -0.15) is 4.68 Å². The van der Waals surface area contributed by atoms with Gasteiger partial charge in [0.2, 0.25) is 5.78 Å². The van der Waals surface area contributed by atoms with E-state index in [2.05, 4.69) is 15.6 Å². The van der Waals surface area contributed by atoms with Crippen molar-refractivity contribution in [3.63, 3.8) is 0 Å². The normalized spacial score (nSPS) is 10.8. The minimum absolute atomic E-state index is 0.214. The molecule has 0 unspecified atom stereocenters. The van der Waals surface area contributed by atoms with Gasteiger partial charge in [-0.05, 0) is 24.3 Å². The molecule has 25 heavy (non-hydrogen) atoms. The highest BCUT2D eigenvalue weighted by molar-refractivity contribution is 6.06. The highest BCUT2D eigenvalue weighted by Crippen LogP contribution is 2.23. The molecule has 2 aromatic carbocycles. The van der Waals surface area contributed by atoms with Crippen LogP contribution in [0.4, 0.5) is 11.5 Å². The summed E-state index contributed by atoms with van der Waals surface area (Å²) in [6.45, 7) is 0. The van der Waals surface area contributed by atoms with Crippen LogP contribution in [0.2, 0.25) is 0 Å². The molecule has 0 aliphatic carbocycles. The van der Waals surface area contributed by atoms with E-state index in [1.165, 1.54) is 6.08 Å². The summed E-state index contributed by atoms with van der Waals surface area (Å²) in [5, 5.41) is 11.5. The van der Waals surface area contributed by atoms with Gasteiger partial charge < -0.3 is 10.2 Å². The summed E-state index contributed by atoms with van der Waals surface area (Å²) < 4.78 is 1.63. The fraction of sp³-hybridized carbons (Fsp3) is 0.105. The third-order valence-electron chi connectivity index (χ3n) is 3.47. The van der Waals surface area contributed by atoms with Crippen LogP contribution >= 0.6 is 0 Å². The molecule has 0 radical (unpaired) electrons. The molecule has 0 saturated heterocycles. The van der Waals surface area contributed by atoms with E-state index in [0.717, 1.165) is 11.4 Å². The van der Waals surface area contributed by atoms with Gasteiger partial charge in [0.25, 0.3) is 0 Å². The van der Waals surface area contributed by atoms with E-state index in [9.17, 15) is 4.79 Å². The van der Waals surface area contributed by atoms with Crippen molar-refractivity contribution in [1.82, 2.24) is 19.9 Å². The number of para-hydroxylation sites is 2. The number of benzene rings is 2. The Balaban J connectivity index is 2.03. The van der Waals surface area contributed by atoms with Crippen LogP contribution in [0.15, 0.2) is 72.9 Å². The predicted octanol–water partition coefficient (Wildman–Crippen LogP) is 3.27. The molecule has 6 heteroatoms. The molecule has 0 fully saturated rings. The van der Waals surface area contributed by atoms with Crippen molar-refractivity contribution < 1.29 is 4.79 Å². The smallest absolute Gasteiger partial charge is 0.211 e. The van der Waals surface area contributed by atoms with Gasteiger partial charge in [-0.1, -0.05) is 41.6 Å². The van der Waals surface area contributed by atoms with Crippen LogP contribution < -0.4 is 5.32 Å². The minimum atomic E-state index is -0.214. The Bertz CT molecular complexity index is 869. The SMILES string of the molecule is CN(C)/C=C/C(=O)c1nnn(-c2ccccc2)c1Nc1ccccc1. The number of anilines is 2. The summed E-state index contributed by atoms with van der Waals surface area (Å²) in [5.41, 5.74) is 1.95. The number of allylic oxidation sites excluding steroid dienone is 1. The Morgan fingerprint density at radius 3 is 2.32 bits per heavy atom. The summed E-state index contributed by atoms with van der Waals surface area (Å²) in [4.78, 5) is 14.3. The van der Waals surface area contributed by atoms with Crippen molar-refractivity contribution in [3.05, 3.63) is 78.6 Å². The average molecular weight is 333 g/mol. The molecule has 126 valence electrons. The largest absolute Gasteiger partial charge is 0.383 e. The molecule has 1 N–H and O–H groups in total. The first-order valence-electron chi connectivity index (χ1n) is 7.87. The van der Waals surface area contributed by atoms with Crippen molar-refractivity contribution in [2.24, 2.45) is 0 Å². The molecule has 1 aromatic heterocycles. The highest BCUT2D eigenvalue weighted by Gasteiger charge is 2.19. The Morgan fingerprint density at radius 1 is 1.04 bits per heavy atom. The predicted molar refractivity (Wildman–Crippen MR) is 98.2 cm³/mol. The second-order valence-corrected chi connectivity index (χ2v) is 5.67. The number of hydrogen-bond donors (Lipinski definition) is 1. The first-order chi connectivity index (χ1) is 12.1. The summed E-state index contributed by atoms with van der Waals surface area (Å²) >= 11 is 0. The number of hydrogen-bond acceptors (Lipinski definition) is 5. The summed E-state index contributed by atoms with van der Waals surface area (Å²) in [6.07, 6.45) is 3.17. The Labute approximate surface area is 146 Å². The number of carbonyl (C=O) groups is 1. The van der Waals surface area contributed by atoms with E-state index < -0.39 is 0 Å². The number of carbonyl (C=O) groups excluding carboxylic acids is 1. The average Bonchev–Trinajstić information content (AvgIpc) is 3.05. The van der Waals surface area contributed by atoms with E-state index in [1.54, 1.807) is 15.8 Å². The van der Waals surface area contributed by atoms with Gasteiger partial charge in [-0.15, -0.1) is 5.10 Å². The maximum absolute atomic E-state index is 12.5.